The zero-order valence-electron chi connectivity index (χ0n) is 15.0. The number of benzene rings is 1. The zero-order chi connectivity index (χ0) is 18.4. The Labute approximate surface area is 154 Å². The summed E-state index contributed by atoms with van der Waals surface area (Å²) in [4.78, 5) is 25.4. The van der Waals surface area contributed by atoms with E-state index in [1.807, 2.05) is 30.3 Å². The highest BCUT2D eigenvalue weighted by Crippen LogP contribution is 2.31. The fourth-order valence-corrected chi connectivity index (χ4v) is 3.64. The Bertz CT molecular complexity index is 599. The summed E-state index contributed by atoms with van der Waals surface area (Å²) in [5.41, 5.74) is 0. The van der Waals surface area contributed by atoms with E-state index < -0.39 is 5.97 Å². The van der Waals surface area contributed by atoms with Crippen LogP contribution < -0.4 is 4.74 Å². The van der Waals surface area contributed by atoms with Gasteiger partial charge in [0.25, 0.3) is 0 Å². The fourth-order valence-electron chi connectivity index (χ4n) is 3.64. The molecule has 0 spiro atoms. The van der Waals surface area contributed by atoms with Crippen LogP contribution in [0.15, 0.2) is 30.3 Å². The second kappa shape index (κ2) is 9.03. The largest absolute Gasteiger partial charge is 0.494 e. The Kier molecular flexibility index (Phi) is 6.50. The molecule has 3 rings (SSSR count). The van der Waals surface area contributed by atoms with Crippen molar-refractivity contribution in [1.29, 1.82) is 0 Å². The maximum absolute atomic E-state index is 12.5. The van der Waals surface area contributed by atoms with Crippen molar-refractivity contribution in [3.05, 3.63) is 30.3 Å². The number of hydrogen-bond acceptors (Lipinski definition) is 4. The molecule has 6 nitrogen and oxygen atoms in total. The van der Waals surface area contributed by atoms with Crippen LogP contribution in [0, 0.1) is 11.8 Å². The molecule has 1 amide bonds. The van der Waals surface area contributed by atoms with Crippen molar-refractivity contribution in [3.63, 3.8) is 0 Å². The Morgan fingerprint density at radius 2 is 1.81 bits per heavy atom. The first-order valence-corrected chi connectivity index (χ1v) is 9.44. The molecule has 1 saturated carbocycles. The van der Waals surface area contributed by atoms with Crippen molar-refractivity contribution in [3.8, 4) is 5.75 Å². The van der Waals surface area contributed by atoms with Crippen molar-refractivity contribution >= 4 is 11.9 Å². The number of amides is 1. The van der Waals surface area contributed by atoms with Gasteiger partial charge < -0.3 is 19.5 Å². The second-order valence-corrected chi connectivity index (χ2v) is 7.15. The van der Waals surface area contributed by atoms with Gasteiger partial charge in [0, 0.05) is 25.4 Å². The van der Waals surface area contributed by atoms with Crippen molar-refractivity contribution in [2.24, 2.45) is 11.8 Å². The van der Waals surface area contributed by atoms with Crippen LogP contribution in [0.5, 0.6) is 5.75 Å². The molecule has 2 unspecified atom stereocenters. The number of carboxylic acids is 1. The van der Waals surface area contributed by atoms with Crippen LogP contribution in [0.3, 0.4) is 0 Å². The quantitative estimate of drug-likeness (QED) is 0.720. The molecule has 2 fully saturated rings. The lowest BCUT2D eigenvalue weighted by Gasteiger charge is -2.41. The minimum Gasteiger partial charge on any atom is -0.494 e. The lowest BCUT2D eigenvalue weighted by Crippen LogP contribution is -2.56. The van der Waals surface area contributed by atoms with E-state index in [-0.39, 0.29) is 23.8 Å². The van der Waals surface area contributed by atoms with E-state index in [2.05, 4.69) is 0 Å². The summed E-state index contributed by atoms with van der Waals surface area (Å²) < 4.78 is 11.4. The number of nitrogens with zero attached hydrogens (tertiary/aromatic N) is 1. The van der Waals surface area contributed by atoms with E-state index in [9.17, 15) is 9.59 Å². The van der Waals surface area contributed by atoms with Gasteiger partial charge in [-0.15, -0.1) is 0 Å². The highest BCUT2D eigenvalue weighted by atomic mass is 16.5. The molecule has 2 atom stereocenters. The summed E-state index contributed by atoms with van der Waals surface area (Å²) in [7, 11) is 0. The van der Waals surface area contributed by atoms with Gasteiger partial charge in [-0.1, -0.05) is 24.6 Å². The molecule has 0 radical (unpaired) electrons. The number of likely N-dealkylation sites (tertiary alicyclic amines) is 1. The van der Waals surface area contributed by atoms with E-state index in [4.69, 9.17) is 14.6 Å². The molecule has 1 aromatic rings. The van der Waals surface area contributed by atoms with E-state index in [1.165, 1.54) is 0 Å². The molecular weight excluding hydrogens is 334 g/mol. The van der Waals surface area contributed by atoms with Gasteiger partial charge in [0.2, 0.25) is 5.91 Å². The van der Waals surface area contributed by atoms with Crippen LogP contribution in [0.2, 0.25) is 0 Å². The summed E-state index contributed by atoms with van der Waals surface area (Å²) in [6, 6.07) is 9.69. The Morgan fingerprint density at radius 1 is 1.08 bits per heavy atom. The normalized spacial score (nSPS) is 23.3. The Hall–Kier alpha value is -2.08. The maximum atomic E-state index is 12.5. The molecule has 1 aromatic carbocycles. The van der Waals surface area contributed by atoms with Crippen molar-refractivity contribution in [2.75, 3.05) is 26.3 Å². The first-order valence-electron chi connectivity index (χ1n) is 9.44. The molecule has 2 aliphatic rings. The van der Waals surface area contributed by atoms with Gasteiger partial charge in [0.15, 0.2) is 0 Å². The summed E-state index contributed by atoms with van der Waals surface area (Å²) >= 11 is 0. The first-order chi connectivity index (χ1) is 12.6. The number of carbonyl (C=O) groups excluding carboxylic acids is 1. The molecule has 0 aromatic heterocycles. The predicted octanol–water partition coefficient (Wildman–Crippen LogP) is 2.57. The molecule has 26 heavy (non-hydrogen) atoms. The van der Waals surface area contributed by atoms with Gasteiger partial charge in [-0.2, -0.15) is 0 Å². The standard InChI is InChI=1S/C20H27NO5/c22-19(15-6-4-7-16(12-15)20(23)24)21-13-18(14-21)26-11-5-10-25-17-8-2-1-3-9-17/h1-3,8-9,15-16,18H,4-7,10-14H2,(H,23,24). The molecule has 1 aliphatic heterocycles. The SMILES string of the molecule is O=C(O)C1CCCC(C(=O)N2CC(OCCCOc3ccccc3)C2)C1. The Balaban J connectivity index is 1.28. The van der Waals surface area contributed by atoms with Crippen molar-refractivity contribution in [1.82, 2.24) is 4.90 Å². The maximum Gasteiger partial charge on any atom is 0.306 e. The summed E-state index contributed by atoms with van der Waals surface area (Å²) in [5, 5.41) is 9.15. The molecule has 1 aliphatic carbocycles. The molecule has 6 heteroatoms. The van der Waals surface area contributed by atoms with Gasteiger partial charge in [0.05, 0.1) is 25.2 Å². The topological polar surface area (TPSA) is 76.1 Å². The number of carboxylic acid groups (broad SMARTS) is 1. The van der Waals surface area contributed by atoms with Gasteiger partial charge >= 0.3 is 5.97 Å². The predicted molar refractivity (Wildman–Crippen MR) is 96.0 cm³/mol. The molecule has 1 heterocycles. The molecule has 1 saturated heterocycles. The second-order valence-electron chi connectivity index (χ2n) is 7.15. The summed E-state index contributed by atoms with van der Waals surface area (Å²) in [6.45, 7) is 2.46. The highest BCUT2D eigenvalue weighted by Gasteiger charge is 2.38. The number of aliphatic carboxylic acids is 1. The average molecular weight is 361 g/mol. The first kappa shape index (κ1) is 18.7. The van der Waals surface area contributed by atoms with Crippen LogP contribution in [-0.2, 0) is 14.3 Å². The number of para-hydroxylation sites is 1. The third-order valence-electron chi connectivity index (χ3n) is 5.19. The van der Waals surface area contributed by atoms with E-state index >= 15 is 0 Å². The van der Waals surface area contributed by atoms with Crippen LogP contribution in [0.25, 0.3) is 0 Å². The van der Waals surface area contributed by atoms with E-state index in [0.29, 0.717) is 39.1 Å². The van der Waals surface area contributed by atoms with E-state index in [1.54, 1.807) is 4.90 Å². The molecule has 0 bridgehead atoms. The molecule has 1 N–H and O–H groups in total. The van der Waals surface area contributed by atoms with Gasteiger partial charge in [-0.05, 0) is 31.4 Å². The Morgan fingerprint density at radius 3 is 2.54 bits per heavy atom. The lowest BCUT2D eigenvalue weighted by atomic mass is 9.80. The average Bonchev–Trinajstić information content (AvgIpc) is 2.63. The molecule has 142 valence electrons. The fraction of sp³-hybridized carbons (Fsp3) is 0.600. The van der Waals surface area contributed by atoms with Crippen LogP contribution in [0.4, 0.5) is 0 Å². The van der Waals surface area contributed by atoms with Crippen LogP contribution in [-0.4, -0.2) is 54.3 Å². The number of carbonyl (C=O) groups is 2. The third kappa shape index (κ3) is 4.97. The molecular formula is C20H27NO5. The smallest absolute Gasteiger partial charge is 0.306 e. The highest BCUT2D eigenvalue weighted by molar-refractivity contribution is 5.81. The minimum atomic E-state index is -0.773. The summed E-state index contributed by atoms with van der Waals surface area (Å²) in [6.07, 6.45) is 3.70. The van der Waals surface area contributed by atoms with Gasteiger partial charge in [-0.3, -0.25) is 9.59 Å². The minimum absolute atomic E-state index is 0.0922. The number of ether oxygens (including phenoxy) is 2. The number of hydrogen-bond donors (Lipinski definition) is 1. The lowest BCUT2D eigenvalue weighted by molar-refractivity contribution is -0.153. The monoisotopic (exact) mass is 361 g/mol. The van der Waals surface area contributed by atoms with Crippen LogP contribution in [0.1, 0.15) is 32.1 Å². The zero-order valence-corrected chi connectivity index (χ0v) is 15.0. The third-order valence-corrected chi connectivity index (χ3v) is 5.19. The van der Waals surface area contributed by atoms with Crippen LogP contribution >= 0.6 is 0 Å². The van der Waals surface area contributed by atoms with Gasteiger partial charge in [0.1, 0.15) is 5.75 Å². The van der Waals surface area contributed by atoms with E-state index in [0.717, 1.165) is 25.0 Å². The van der Waals surface area contributed by atoms with Crippen molar-refractivity contribution in [2.45, 2.75) is 38.2 Å². The van der Waals surface area contributed by atoms with Gasteiger partial charge in [-0.25, -0.2) is 0 Å². The summed E-state index contributed by atoms with van der Waals surface area (Å²) in [5.74, 6) is -0.311. The number of rotatable bonds is 8. The van der Waals surface area contributed by atoms with Crippen molar-refractivity contribution < 1.29 is 24.2 Å².